The number of pyridine rings is 2. The van der Waals surface area contributed by atoms with Gasteiger partial charge >= 0.3 is 12.4 Å². The molecule has 0 atom stereocenters. The summed E-state index contributed by atoms with van der Waals surface area (Å²) in [5.41, 5.74) is 2.71. The fourth-order valence-electron chi connectivity index (χ4n) is 1.63. The van der Waals surface area contributed by atoms with Crippen LogP contribution in [0.25, 0.3) is 9.69 Å². The lowest BCUT2D eigenvalue weighted by Crippen LogP contribution is -2.06. The Bertz CT molecular complexity index is 996. The van der Waals surface area contributed by atoms with Gasteiger partial charge in [-0.15, -0.1) is 9.97 Å². The van der Waals surface area contributed by atoms with Crippen LogP contribution >= 0.6 is 12.2 Å². The summed E-state index contributed by atoms with van der Waals surface area (Å²) in [7, 11) is 0. The number of aromatic nitrogens is 2. The number of hydrogen-bond acceptors (Lipinski definition) is 5. The topological polar surface area (TPSA) is 72.9 Å². The number of nitrogens with zero attached hydrogens (tertiary/aromatic N) is 5. The van der Waals surface area contributed by atoms with Gasteiger partial charge in [-0.1, -0.05) is 13.1 Å². The quantitative estimate of drug-likeness (QED) is 0.284. The molecule has 0 spiro atoms. The van der Waals surface area contributed by atoms with Gasteiger partial charge in [0.25, 0.3) is 11.6 Å². The van der Waals surface area contributed by atoms with Gasteiger partial charge in [0.2, 0.25) is 0 Å². The second kappa shape index (κ2) is 8.90. The number of anilines is 1. The minimum Gasteiger partial charge on any atom is -0.396 e. The highest BCUT2D eigenvalue weighted by Gasteiger charge is 2.35. The summed E-state index contributed by atoms with van der Waals surface area (Å²) in [6.45, 7) is 13.0. The Morgan fingerprint density at radius 1 is 0.929 bits per heavy atom. The van der Waals surface area contributed by atoms with Crippen LogP contribution in [0.1, 0.15) is 11.1 Å². The van der Waals surface area contributed by atoms with Crippen molar-refractivity contribution in [1.29, 1.82) is 0 Å². The van der Waals surface area contributed by atoms with E-state index in [0.717, 1.165) is 12.4 Å². The minimum absolute atomic E-state index is 0.0790. The van der Waals surface area contributed by atoms with Crippen LogP contribution in [0, 0.1) is 13.1 Å². The van der Waals surface area contributed by atoms with Gasteiger partial charge in [0, 0.05) is 0 Å². The van der Waals surface area contributed by atoms with Gasteiger partial charge in [-0.2, -0.15) is 31.3 Å². The van der Waals surface area contributed by atoms with Crippen LogP contribution in [0.4, 0.5) is 49.4 Å². The molecule has 2 N–H and O–H groups in total. The molecule has 0 aliphatic carbocycles. The monoisotopic (exact) mass is 416 g/mol. The van der Waals surface area contributed by atoms with Crippen LogP contribution in [0.5, 0.6) is 0 Å². The van der Waals surface area contributed by atoms with Gasteiger partial charge in [0.15, 0.2) is 0 Å². The van der Waals surface area contributed by atoms with E-state index in [2.05, 4.69) is 36.9 Å². The van der Waals surface area contributed by atoms with Crippen LogP contribution in [0.2, 0.25) is 0 Å². The molecule has 0 aromatic carbocycles. The van der Waals surface area contributed by atoms with Crippen molar-refractivity contribution in [1.82, 2.24) is 9.97 Å². The lowest BCUT2D eigenvalue weighted by Gasteiger charge is -2.07. The van der Waals surface area contributed by atoms with Gasteiger partial charge < -0.3 is 15.4 Å². The van der Waals surface area contributed by atoms with Crippen LogP contribution in [-0.4, -0.2) is 15.1 Å². The highest BCUT2D eigenvalue weighted by Crippen LogP contribution is 2.37. The molecule has 2 rings (SSSR count). The Labute approximate surface area is 159 Å². The van der Waals surface area contributed by atoms with E-state index < -0.39 is 35.1 Å². The molecule has 0 amide bonds. The third-order valence-corrected chi connectivity index (χ3v) is 2.83. The van der Waals surface area contributed by atoms with Crippen LogP contribution in [0.15, 0.2) is 29.5 Å². The molecule has 0 aliphatic heterocycles. The third-order valence-electron chi connectivity index (χ3n) is 2.74. The second-order valence-corrected chi connectivity index (χ2v) is 4.81. The first kappa shape index (κ1) is 22.5. The smallest absolute Gasteiger partial charge is 0.396 e. The first-order valence-corrected chi connectivity index (χ1v) is 7.07. The average molecular weight is 416 g/mol. The zero-order valence-corrected chi connectivity index (χ0v) is 14.1. The summed E-state index contributed by atoms with van der Waals surface area (Å²) in [4.78, 5) is 15.3. The highest BCUT2D eigenvalue weighted by molar-refractivity contribution is 7.78. The number of nitrogen functional groups attached to an aromatic ring is 1. The Morgan fingerprint density at radius 2 is 1.39 bits per heavy atom. The zero-order chi connectivity index (χ0) is 21.5. The molecular weight excluding hydrogens is 410 g/mol. The highest BCUT2D eigenvalue weighted by atomic mass is 32.1. The van der Waals surface area contributed by atoms with E-state index in [0.29, 0.717) is 12.1 Å². The van der Waals surface area contributed by atoms with E-state index >= 15 is 0 Å². The van der Waals surface area contributed by atoms with E-state index in [9.17, 15) is 26.3 Å². The maximum atomic E-state index is 12.4. The lowest BCUT2D eigenvalue weighted by atomic mass is 10.2. The predicted molar refractivity (Wildman–Crippen MR) is 90.1 cm³/mol. The Balaban J connectivity index is 0.000000283. The molecule has 0 unspecified atom stereocenters. The van der Waals surface area contributed by atoms with Gasteiger partial charge in [0.05, 0.1) is 22.0 Å². The number of alkyl halides is 6. The predicted octanol–water partition coefficient (Wildman–Crippen LogP) is 5.62. The minimum atomic E-state index is -4.63. The molecule has 144 valence electrons. The normalized spacial score (nSPS) is 10.6. The number of thiocarbonyl (C=S) groups is 1. The van der Waals surface area contributed by atoms with Crippen LogP contribution < -0.4 is 5.73 Å². The van der Waals surface area contributed by atoms with Crippen molar-refractivity contribution >= 4 is 40.4 Å². The summed E-state index contributed by atoms with van der Waals surface area (Å²) in [6, 6.07) is 1.40. The number of aliphatic imine (C=N–C) groups is 1. The molecule has 2 aromatic heterocycles. The summed E-state index contributed by atoms with van der Waals surface area (Å²) in [6.07, 6.45) is -7.16. The average Bonchev–Trinajstić information content (AvgIpc) is 2.61. The Hall–Kier alpha value is -3.54. The lowest BCUT2D eigenvalue weighted by molar-refractivity contribution is -0.137. The van der Waals surface area contributed by atoms with Crippen LogP contribution in [-0.2, 0) is 12.4 Å². The SMILES string of the molecule is [C-]#[N+]c1ncc(N)cc1C(F)(F)F.[C-]#[N+]c1ncc(N=C=S)cc1C(F)(F)F. The standard InChI is InChI=1S/C8H2F3N3S.C7H4F3N3/c1-12-7-6(8(9,10)11)2-5(3-13-7)14-4-15;1-12-6-5(7(8,9)10)2-4(11)3-13-6/h2-3H;2-3H,11H2. The van der Waals surface area contributed by atoms with E-state index in [4.69, 9.17) is 18.9 Å². The number of hydrogen-bond donors (Lipinski definition) is 1. The van der Waals surface area contributed by atoms with Gasteiger partial charge in [-0.3, -0.25) is 0 Å². The molecule has 0 aliphatic rings. The maximum Gasteiger partial charge on any atom is 0.409 e. The van der Waals surface area contributed by atoms with Gasteiger partial charge in [0.1, 0.15) is 18.1 Å². The van der Waals surface area contributed by atoms with Crippen molar-refractivity contribution in [3.63, 3.8) is 0 Å². The largest absolute Gasteiger partial charge is 0.409 e. The first-order chi connectivity index (χ1) is 12.9. The van der Waals surface area contributed by atoms with Crippen molar-refractivity contribution in [2.45, 2.75) is 12.4 Å². The zero-order valence-electron chi connectivity index (χ0n) is 13.3. The molecule has 2 aromatic rings. The summed E-state index contributed by atoms with van der Waals surface area (Å²) < 4.78 is 73.7. The molecular formula is C15H6F6N6S. The summed E-state index contributed by atoms with van der Waals surface area (Å²) in [5, 5.41) is 1.92. The maximum absolute atomic E-state index is 12.4. The summed E-state index contributed by atoms with van der Waals surface area (Å²) >= 11 is 4.25. The fraction of sp³-hybridized carbons (Fsp3) is 0.133. The molecule has 0 radical (unpaired) electrons. The molecule has 6 nitrogen and oxygen atoms in total. The van der Waals surface area contributed by atoms with Crippen molar-refractivity contribution in [3.05, 3.63) is 58.5 Å². The Morgan fingerprint density at radius 3 is 1.82 bits per heavy atom. The van der Waals surface area contributed by atoms with Crippen molar-refractivity contribution < 1.29 is 26.3 Å². The molecule has 13 heteroatoms. The van der Waals surface area contributed by atoms with E-state index in [-0.39, 0.29) is 11.4 Å². The fourth-order valence-corrected chi connectivity index (χ4v) is 1.73. The number of nitrogens with two attached hydrogens (primary N) is 1. The van der Waals surface area contributed by atoms with E-state index in [1.165, 1.54) is 0 Å². The molecule has 0 saturated carbocycles. The molecule has 28 heavy (non-hydrogen) atoms. The summed E-state index contributed by atoms with van der Waals surface area (Å²) in [5.74, 6) is -1.38. The Kier molecular flexibility index (Phi) is 7.15. The molecule has 0 fully saturated rings. The number of isothiocyanates is 1. The van der Waals surface area contributed by atoms with E-state index in [1.807, 2.05) is 5.16 Å². The van der Waals surface area contributed by atoms with Crippen molar-refractivity contribution in [2.75, 3.05) is 5.73 Å². The van der Waals surface area contributed by atoms with Gasteiger partial charge in [-0.05, 0) is 24.4 Å². The molecule has 0 bridgehead atoms. The van der Waals surface area contributed by atoms with Crippen molar-refractivity contribution in [3.8, 4) is 0 Å². The van der Waals surface area contributed by atoms with Crippen LogP contribution in [0.3, 0.4) is 0 Å². The van der Waals surface area contributed by atoms with E-state index in [1.54, 1.807) is 0 Å². The number of halogens is 6. The number of rotatable bonds is 1. The second-order valence-electron chi connectivity index (χ2n) is 4.63. The third kappa shape index (κ3) is 6.02. The first-order valence-electron chi connectivity index (χ1n) is 6.66. The molecule has 0 saturated heterocycles. The van der Waals surface area contributed by atoms with Crippen molar-refractivity contribution in [2.24, 2.45) is 4.99 Å². The molecule has 2 heterocycles. The van der Waals surface area contributed by atoms with Gasteiger partial charge in [-0.25, -0.2) is 0 Å².